The lowest BCUT2D eigenvalue weighted by Gasteiger charge is -2.17. The summed E-state index contributed by atoms with van der Waals surface area (Å²) < 4.78 is 1.00. The van der Waals surface area contributed by atoms with Crippen LogP contribution in [0.2, 0.25) is 0 Å². The van der Waals surface area contributed by atoms with Crippen LogP contribution in [-0.2, 0) is 4.79 Å². The summed E-state index contributed by atoms with van der Waals surface area (Å²) in [5.41, 5.74) is 6.53. The molecular formula is C10H12IN3O. The van der Waals surface area contributed by atoms with Gasteiger partial charge < -0.3 is 10.6 Å². The van der Waals surface area contributed by atoms with Crippen molar-refractivity contribution in [2.45, 2.75) is 6.42 Å². The Morgan fingerprint density at radius 3 is 3.07 bits per heavy atom. The molecule has 1 aromatic rings. The van der Waals surface area contributed by atoms with Gasteiger partial charge in [0.15, 0.2) is 0 Å². The van der Waals surface area contributed by atoms with Crippen LogP contribution in [0.1, 0.15) is 6.42 Å². The molecule has 0 bridgehead atoms. The lowest BCUT2D eigenvalue weighted by atomic mass is 10.1. The average molecular weight is 317 g/mol. The highest BCUT2D eigenvalue weighted by molar-refractivity contribution is 14.1. The second kappa shape index (κ2) is 4.44. The number of hydrogen-bond acceptors (Lipinski definition) is 3. The molecule has 4 nitrogen and oxygen atoms in total. The second-order valence-electron chi connectivity index (χ2n) is 3.64. The third-order valence-corrected chi connectivity index (χ3v) is 3.41. The van der Waals surface area contributed by atoms with Crippen molar-refractivity contribution in [3.8, 4) is 0 Å². The molecule has 1 amide bonds. The highest BCUT2D eigenvalue weighted by Crippen LogP contribution is 2.27. The van der Waals surface area contributed by atoms with Crippen LogP contribution in [0.15, 0.2) is 18.5 Å². The summed E-state index contributed by atoms with van der Waals surface area (Å²) in [5.74, 6) is 0.455. The number of hydrogen-bond donors (Lipinski definition) is 1. The van der Waals surface area contributed by atoms with Gasteiger partial charge >= 0.3 is 0 Å². The number of carbonyl (C=O) groups is 1. The van der Waals surface area contributed by atoms with Crippen molar-refractivity contribution >= 4 is 34.2 Å². The predicted octanol–water partition coefficient (Wildman–Crippen LogP) is 0.998. The zero-order valence-electron chi connectivity index (χ0n) is 8.19. The van der Waals surface area contributed by atoms with E-state index in [-0.39, 0.29) is 5.91 Å². The normalized spacial score (nSPS) is 21.1. The molecule has 1 aliphatic heterocycles. The molecule has 0 aromatic carbocycles. The number of nitrogens with zero attached hydrogens (tertiary/aromatic N) is 2. The van der Waals surface area contributed by atoms with E-state index in [1.165, 1.54) is 0 Å². The number of carbonyl (C=O) groups excluding carboxylic acids is 1. The highest BCUT2D eigenvalue weighted by atomic mass is 127. The Balaban J connectivity index is 2.25. The maximum Gasteiger partial charge on any atom is 0.227 e. The molecule has 1 saturated heterocycles. The lowest BCUT2D eigenvalue weighted by molar-refractivity contribution is -0.117. The molecule has 2 rings (SSSR count). The standard InChI is InChI=1S/C10H12IN3O/c11-8-5-13-2-1-9(8)14-6-7(4-12)3-10(14)15/h1-2,5,7H,3-4,6,12H2. The van der Waals surface area contributed by atoms with Gasteiger partial charge in [0.25, 0.3) is 0 Å². The van der Waals surface area contributed by atoms with Crippen LogP contribution in [0, 0.1) is 9.49 Å². The smallest absolute Gasteiger partial charge is 0.227 e. The van der Waals surface area contributed by atoms with Gasteiger partial charge in [0.2, 0.25) is 5.91 Å². The van der Waals surface area contributed by atoms with Gasteiger partial charge in [-0.3, -0.25) is 9.78 Å². The molecular weight excluding hydrogens is 305 g/mol. The molecule has 0 spiro atoms. The van der Waals surface area contributed by atoms with Crippen molar-refractivity contribution in [1.82, 2.24) is 4.98 Å². The molecule has 2 N–H and O–H groups in total. The minimum atomic E-state index is 0.162. The number of anilines is 1. The van der Waals surface area contributed by atoms with Crippen LogP contribution in [-0.4, -0.2) is 24.0 Å². The molecule has 0 radical (unpaired) electrons. The Morgan fingerprint density at radius 2 is 2.47 bits per heavy atom. The van der Waals surface area contributed by atoms with Gasteiger partial charge in [-0.2, -0.15) is 0 Å². The summed E-state index contributed by atoms with van der Waals surface area (Å²) in [6, 6.07) is 1.87. The summed E-state index contributed by atoms with van der Waals surface area (Å²) >= 11 is 2.19. The zero-order chi connectivity index (χ0) is 10.8. The van der Waals surface area contributed by atoms with Crippen LogP contribution >= 0.6 is 22.6 Å². The van der Waals surface area contributed by atoms with Gasteiger partial charge in [-0.1, -0.05) is 0 Å². The molecule has 0 aliphatic carbocycles. The van der Waals surface area contributed by atoms with E-state index in [0.717, 1.165) is 15.8 Å². The summed E-state index contributed by atoms with van der Waals surface area (Å²) in [6.45, 7) is 1.30. The second-order valence-corrected chi connectivity index (χ2v) is 4.80. The first-order chi connectivity index (χ1) is 7.22. The molecule has 0 saturated carbocycles. The Labute approximate surface area is 102 Å². The maximum absolute atomic E-state index is 11.7. The van der Waals surface area contributed by atoms with E-state index in [2.05, 4.69) is 27.6 Å². The van der Waals surface area contributed by atoms with E-state index in [4.69, 9.17) is 5.73 Å². The SMILES string of the molecule is NCC1CC(=O)N(c2ccncc2I)C1. The van der Waals surface area contributed by atoms with Crippen LogP contribution < -0.4 is 10.6 Å². The Hall–Kier alpha value is -0.690. The summed E-state index contributed by atoms with van der Waals surface area (Å²) in [5, 5.41) is 0. The third kappa shape index (κ3) is 2.12. The molecule has 15 heavy (non-hydrogen) atoms. The quantitative estimate of drug-likeness (QED) is 0.828. The number of nitrogens with two attached hydrogens (primary N) is 1. The average Bonchev–Trinajstić information content (AvgIpc) is 2.60. The van der Waals surface area contributed by atoms with Crippen LogP contribution in [0.3, 0.4) is 0 Å². The fourth-order valence-corrected chi connectivity index (χ4v) is 2.39. The minimum Gasteiger partial charge on any atom is -0.330 e. The van der Waals surface area contributed by atoms with Crippen molar-refractivity contribution in [3.63, 3.8) is 0 Å². The van der Waals surface area contributed by atoms with Gasteiger partial charge in [0, 0.05) is 25.4 Å². The van der Waals surface area contributed by atoms with Crippen molar-refractivity contribution in [3.05, 3.63) is 22.0 Å². The van der Waals surface area contributed by atoms with Gasteiger partial charge in [0.05, 0.1) is 9.26 Å². The van der Waals surface area contributed by atoms with Crippen molar-refractivity contribution in [2.24, 2.45) is 11.7 Å². The first kappa shape index (κ1) is 10.8. The first-order valence-electron chi connectivity index (χ1n) is 4.82. The van der Waals surface area contributed by atoms with Crippen LogP contribution in [0.4, 0.5) is 5.69 Å². The van der Waals surface area contributed by atoms with E-state index < -0.39 is 0 Å². The molecule has 1 aromatic heterocycles. The summed E-state index contributed by atoms with van der Waals surface area (Å²) in [6.07, 6.45) is 4.04. The number of amides is 1. The van der Waals surface area contributed by atoms with Crippen LogP contribution in [0.5, 0.6) is 0 Å². The van der Waals surface area contributed by atoms with E-state index >= 15 is 0 Å². The van der Waals surface area contributed by atoms with Gasteiger partial charge in [-0.05, 0) is 41.1 Å². The van der Waals surface area contributed by atoms with E-state index in [1.807, 2.05) is 6.07 Å². The van der Waals surface area contributed by atoms with Crippen molar-refractivity contribution < 1.29 is 4.79 Å². The molecule has 1 aliphatic rings. The Kier molecular flexibility index (Phi) is 3.20. The van der Waals surface area contributed by atoms with Gasteiger partial charge in [0.1, 0.15) is 0 Å². The topological polar surface area (TPSA) is 59.2 Å². The molecule has 2 heterocycles. The number of halogens is 1. The van der Waals surface area contributed by atoms with Gasteiger partial charge in [-0.25, -0.2) is 0 Å². The van der Waals surface area contributed by atoms with Crippen molar-refractivity contribution in [2.75, 3.05) is 18.0 Å². The monoisotopic (exact) mass is 317 g/mol. The Morgan fingerprint density at radius 1 is 1.67 bits per heavy atom. The summed E-state index contributed by atoms with van der Waals surface area (Å²) in [7, 11) is 0. The largest absolute Gasteiger partial charge is 0.330 e. The zero-order valence-corrected chi connectivity index (χ0v) is 10.3. The Bertz CT molecular complexity index is 383. The number of rotatable bonds is 2. The molecule has 80 valence electrons. The van der Waals surface area contributed by atoms with Crippen LogP contribution in [0.25, 0.3) is 0 Å². The predicted molar refractivity (Wildman–Crippen MR) is 66.5 cm³/mol. The summed E-state index contributed by atoms with van der Waals surface area (Å²) in [4.78, 5) is 17.6. The van der Waals surface area contributed by atoms with E-state index in [9.17, 15) is 4.79 Å². The highest BCUT2D eigenvalue weighted by Gasteiger charge is 2.30. The van der Waals surface area contributed by atoms with E-state index in [0.29, 0.717) is 18.9 Å². The fourth-order valence-electron chi connectivity index (χ4n) is 1.76. The fraction of sp³-hybridized carbons (Fsp3) is 0.400. The molecule has 1 fully saturated rings. The number of aromatic nitrogens is 1. The minimum absolute atomic E-state index is 0.162. The van der Waals surface area contributed by atoms with E-state index in [1.54, 1.807) is 17.3 Å². The van der Waals surface area contributed by atoms with Crippen molar-refractivity contribution in [1.29, 1.82) is 0 Å². The molecule has 5 heteroatoms. The number of pyridine rings is 1. The molecule has 1 atom stereocenters. The lowest BCUT2D eigenvalue weighted by Crippen LogP contribution is -2.26. The van der Waals surface area contributed by atoms with Gasteiger partial charge in [-0.15, -0.1) is 0 Å². The first-order valence-corrected chi connectivity index (χ1v) is 5.90. The maximum atomic E-state index is 11.7. The third-order valence-electron chi connectivity index (χ3n) is 2.58. The molecule has 1 unspecified atom stereocenters.